The van der Waals surface area contributed by atoms with Gasteiger partial charge in [0.15, 0.2) is 0 Å². The maximum atomic E-state index is 9.10. The van der Waals surface area contributed by atoms with Crippen LogP contribution in [0.1, 0.15) is 12.6 Å². The van der Waals surface area contributed by atoms with Crippen LogP contribution >= 0.6 is 0 Å². The quantitative estimate of drug-likeness (QED) is 0.568. The van der Waals surface area contributed by atoms with Gasteiger partial charge in [-0.2, -0.15) is 0 Å². The minimum absolute atomic E-state index is 0.172. The second kappa shape index (κ2) is 4.46. The molecule has 0 aliphatic heterocycles. The maximum Gasteiger partial charge on any atom is 0.126 e. The Morgan fingerprint density at radius 2 is 2.00 bits per heavy atom. The number of aliphatic hydroxyl groups excluding tert-OH is 2. The molecule has 5 N–H and O–H groups in total. The van der Waals surface area contributed by atoms with Gasteiger partial charge in [-0.15, -0.1) is 0 Å². The van der Waals surface area contributed by atoms with Crippen molar-refractivity contribution in [3.05, 3.63) is 17.8 Å². The third kappa shape index (κ3) is 2.81. The SMILES string of the molecule is Cc1nc(NC(C)(CO)CO)ccc1N. The normalized spacial score (nSPS) is 11.5. The molecule has 1 aromatic rings. The summed E-state index contributed by atoms with van der Waals surface area (Å²) in [6.07, 6.45) is 0. The third-order valence-corrected chi connectivity index (χ3v) is 2.25. The Hall–Kier alpha value is -1.33. The number of nitrogens with zero attached hydrogens (tertiary/aromatic N) is 1. The van der Waals surface area contributed by atoms with Crippen molar-refractivity contribution in [2.45, 2.75) is 19.4 Å². The number of nitrogens with one attached hydrogen (secondary N) is 1. The molecule has 5 heteroatoms. The van der Waals surface area contributed by atoms with Crippen LogP contribution < -0.4 is 11.1 Å². The molecule has 0 saturated heterocycles. The molecule has 1 aromatic heterocycles. The molecular formula is C10H17N3O2. The number of aromatic nitrogens is 1. The Kier molecular flexibility index (Phi) is 3.49. The molecule has 5 nitrogen and oxygen atoms in total. The number of hydrogen-bond acceptors (Lipinski definition) is 5. The third-order valence-electron chi connectivity index (χ3n) is 2.25. The van der Waals surface area contributed by atoms with E-state index in [0.717, 1.165) is 5.69 Å². The smallest absolute Gasteiger partial charge is 0.126 e. The largest absolute Gasteiger partial charge is 0.397 e. The molecule has 0 aromatic carbocycles. The van der Waals surface area contributed by atoms with Crippen molar-refractivity contribution in [2.75, 3.05) is 24.3 Å². The van der Waals surface area contributed by atoms with Gasteiger partial charge >= 0.3 is 0 Å². The van der Waals surface area contributed by atoms with Gasteiger partial charge in [0.05, 0.1) is 30.1 Å². The molecule has 0 fully saturated rings. The lowest BCUT2D eigenvalue weighted by Gasteiger charge is -2.26. The first kappa shape index (κ1) is 11.7. The summed E-state index contributed by atoms with van der Waals surface area (Å²) in [4.78, 5) is 4.20. The zero-order valence-electron chi connectivity index (χ0n) is 8.99. The van der Waals surface area contributed by atoms with Crippen LogP contribution in [0.4, 0.5) is 11.5 Å². The van der Waals surface area contributed by atoms with Crippen molar-refractivity contribution in [3.63, 3.8) is 0 Å². The maximum absolute atomic E-state index is 9.10. The molecule has 0 amide bonds. The van der Waals surface area contributed by atoms with Gasteiger partial charge in [-0.1, -0.05) is 0 Å². The number of rotatable bonds is 4. The number of aliphatic hydroxyl groups is 2. The molecule has 0 aliphatic carbocycles. The fourth-order valence-electron chi connectivity index (χ4n) is 1.08. The Morgan fingerprint density at radius 1 is 1.40 bits per heavy atom. The minimum Gasteiger partial charge on any atom is -0.397 e. The molecule has 1 rings (SSSR count). The van der Waals surface area contributed by atoms with E-state index in [1.807, 2.05) is 0 Å². The van der Waals surface area contributed by atoms with Crippen molar-refractivity contribution in [1.29, 1.82) is 0 Å². The van der Waals surface area contributed by atoms with Gasteiger partial charge < -0.3 is 21.3 Å². The van der Waals surface area contributed by atoms with E-state index in [1.54, 1.807) is 26.0 Å². The fourth-order valence-corrected chi connectivity index (χ4v) is 1.08. The van der Waals surface area contributed by atoms with Crippen LogP contribution in [0.2, 0.25) is 0 Å². The van der Waals surface area contributed by atoms with Crippen LogP contribution in [0.3, 0.4) is 0 Å². The predicted octanol–water partition coefficient (Wildman–Crippen LogP) is 0.127. The highest BCUT2D eigenvalue weighted by molar-refractivity contribution is 5.50. The molecule has 1 heterocycles. The lowest BCUT2D eigenvalue weighted by molar-refractivity contribution is 0.147. The Bertz CT molecular complexity index is 337. The molecular weight excluding hydrogens is 194 g/mol. The summed E-state index contributed by atoms with van der Waals surface area (Å²) in [5, 5.41) is 21.1. The lowest BCUT2D eigenvalue weighted by Crippen LogP contribution is -2.42. The summed E-state index contributed by atoms with van der Waals surface area (Å²) < 4.78 is 0. The summed E-state index contributed by atoms with van der Waals surface area (Å²) in [5.41, 5.74) is 6.20. The Balaban J connectivity index is 2.85. The molecule has 15 heavy (non-hydrogen) atoms. The van der Waals surface area contributed by atoms with E-state index in [4.69, 9.17) is 15.9 Å². The van der Waals surface area contributed by atoms with E-state index in [2.05, 4.69) is 10.3 Å². The summed E-state index contributed by atoms with van der Waals surface area (Å²) in [6, 6.07) is 3.45. The minimum atomic E-state index is -0.768. The van der Waals surface area contributed by atoms with Crippen LogP contribution in [0, 0.1) is 6.92 Å². The zero-order chi connectivity index (χ0) is 11.5. The lowest BCUT2D eigenvalue weighted by atomic mass is 10.1. The first-order valence-corrected chi connectivity index (χ1v) is 4.74. The van der Waals surface area contributed by atoms with Crippen LogP contribution in [0.5, 0.6) is 0 Å². The summed E-state index contributed by atoms with van der Waals surface area (Å²) in [5.74, 6) is 0.590. The highest BCUT2D eigenvalue weighted by Crippen LogP contribution is 2.16. The predicted molar refractivity (Wildman–Crippen MR) is 59.6 cm³/mol. The molecule has 0 spiro atoms. The summed E-state index contributed by atoms with van der Waals surface area (Å²) in [6.45, 7) is 3.17. The molecule has 0 saturated carbocycles. The van der Waals surface area contributed by atoms with Gasteiger partial charge in [0.25, 0.3) is 0 Å². The number of hydrogen-bond donors (Lipinski definition) is 4. The van der Waals surface area contributed by atoms with Gasteiger partial charge in [-0.3, -0.25) is 0 Å². The molecule has 0 bridgehead atoms. The fraction of sp³-hybridized carbons (Fsp3) is 0.500. The highest BCUT2D eigenvalue weighted by Gasteiger charge is 2.22. The van der Waals surface area contributed by atoms with E-state index in [0.29, 0.717) is 11.5 Å². The van der Waals surface area contributed by atoms with Gasteiger partial charge in [0.1, 0.15) is 5.82 Å². The van der Waals surface area contributed by atoms with E-state index in [1.165, 1.54) is 0 Å². The Labute approximate surface area is 89.0 Å². The van der Waals surface area contributed by atoms with E-state index < -0.39 is 5.54 Å². The van der Waals surface area contributed by atoms with E-state index in [9.17, 15) is 0 Å². The first-order valence-electron chi connectivity index (χ1n) is 4.74. The van der Waals surface area contributed by atoms with Crippen molar-refractivity contribution in [2.24, 2.45) is 0 Å². The second-order valence-electron chi connectivity index (χ2n) is 3.87. The zero-order valence-corrected chi connectivity index (χ0v) is 8.99. The van der Waals surface area contributed by atoms with Gasteiger partial charge in [0.2, 0.25) is 0 Å². The number of nitrogens with two attached hydrogens (primary N) is 1. The highest BCUT2D eigenvalue weighted by atomic mass is 16.3. The first-order chi connectivity index (χ1) is 7.00. The molecule has 0 aliphatic rings. The van der Waals surface area contributed by atoms with E-state index >= 15 is 0 Å². The van der Waals surface area contributed by atoms with Crippen molar-refractivity contribution in [3.8, 4) is 0 Å². The summed E-state index contributed by atoms with van der Waals surface area (Å²) in [7, 11) is 0. The topological polar surface area (TPSA) is 91.4 Å². The second-order valence-corrected chi connectivity index (χ2v) is 3.87. The summed E-state index contributed by atoms with van der Waals surface area (Å²) >= 11 is 0. The number of nitrogen functional groups attached to an aromatic ring is 1. The average Bonchev–Trinajstić information content (AvgIpc) is 2.23. The number of pyridine rings is 1. The molecule has 0 atom stereocenters. The number of aryl methyl sites for hydroxylation is 1. The van der Waals surface area contributed by atoms with Crippen LogP contribution in [-0.4, -0.2) is 33.9 Å². The Morgan fingerprint density at radius 3 is 2.47 bits per heavy atom. The van der Waals surface area contributed by atoms with Crippen molar-refractivity contribution in [1.82, 2.24) is 4.98 Å². The molecule has 84 valence electrons. The van der Waals surface area contributed by atoms with Crippen LogP contribution in [0.15, 0.2) is 12.1 Å². The van der Waals surface area contributed by atoms with E-state index in [-0.39, 0.29) is 13.2 Å². The number of anilines is 2. The van der Waals surface area contributed by atoms with Crippen LogP contribution in [0.25, 0.3) is 0 Å². The monoisotopic (exact) mass is 211 g/mol. The van der Waals surface area contributed by atoms with Crippen LogP contribution in [-0.2, 0) is 0 Å². The van der Waals surface area contributed by atoms with Crippen molar-refractivity contribution >= 4 is 11.5 Å². The van der Waals surface area contributed by atoms with Gasteiger partial charge in [-0.05, 0) is 26.0 Å². The van der Waals surface area contributed by atoms with Crippen molar-refractivity contribution < 1.29 is 10.2 Å². The molecule has 0 radical (unpaired) electrons. The molecule has 0 unspecified atom stereocenters. The standard InChI is InChI=1S/C10H17N3O2/c1-7-8(11)3-4-9(12-7)13-10(2,5-14)6-15/h3-4,14-15H,5-6,11H2,1-2H3,(H,12,13). The average molecular weight is 211 g/mol. The van der Waals surface area contributed by atoms with Gasteiger partial charge in [-0.25, -0.2) is 4.98 Å². The van der Waals surface area contributed by atoms with Gasteiger partial charge in [0, 0.05) is 0 Å².